The molecule has 0 amide bonds. The Morgan fingerprint density at radius 2 is 1.95 bits per heavy atom. The van der Waals surface area contributed by atoms with Gasteiger partial charge in [-0.2, -0.15) is 0 Å². The quantitative estimate of drug-likeness (QED) is 0.481. The molecule has 3 heteroatoms. The van der Waals surface area contributed by atoms with Crippen molar-refractivity contribution in [1.29, 1.82) is 0 Å². The molecule has 0 saturated carbocycles. The standard InChI is InChI=1S/C17H14BrClS/c18-15-5-3-4-12(9-15)13(10-19)8-14-11-20-17-7-2-1-6-16(14)17/h1-7,9,11,13H,8,10H2. The van der Waals surface area contributed by atoms with Crippen molar-refractivity contribution < 1.29 is 0 Å². The predicted octanol–water partition coefficient (Wildman–Crippen LogP) is 6.23. The van der Waals surface area contributed by atoms with E-state index in [1.165, 1.54) is 21.2 Å². The van der Waals surface area contributed by atoms with Gasteiger partial charge in [-0.15, -0.1) is 22.9 Å². The minimum atomic E-state index is 0.354. The molecule has 2 aromatic carbocycles. The number of hydrogen-bond acceptors (Lipinski definition) is 1. The van der Waals surface area contributed by atoms with Crippen LogP contribution < -0.4 is 0 Å². The lowest BCUT2D eigenvalue weighted by molar-refractivity contribution is 0.771. The zero-order valence-corrected chi connectivity index (χ0v) is 14.0. The maximum Gasteiger partial charge on any atom is 0.0345 e. The number of alkyl halides is 1. The third kappa shape index (κ3) is 2.93. The van der Waals surface area contributed by atoms with Crippen LogP contribution >= 0.6 is 38.9 Å². The first kappa shape index (κ1) is 14.1. The first-order valence-corrected chi connectivity index (χ1v) is 8.75. The summed E-state index contributed by atoms with van der Waals surface area (Å²) in [6.45, 7) is 0. The van der Waals surface area contributed by atoms with Crippen molar-refractivity contribution in [2.45, 2.75) is 12.3 Å². The lowest BCUT2D eigenvalue weighted by atomic mass is 9.93. The fourth-order valence-corrected chi connectivity index (χ4v) is 4.16. The topological polar surface area (TPSA) is 0 Å². The molecule has 1 atom stereocenters. The molecule has 1 heterocycles. The molecule has 0 radical (unpaired) electrons. The van der Waals surface area contributed by atoms with Gasteiger partial charge in [0.1, 0.15) is 0 Å². The van der Waals surface area contributed by atoms with E-state index in [0.29, 0.717) is 11.8 Å². The van der Waals surface area contributed by atoms with Gasteiger partial charge in [0.15, 0.2) is 0 Å². The van der Waals surface area contributed by atoms with Crippen molar-refractivity contribution in [2.75, 3.05) is 5.88 Å². The molecule has 3 rings (SSSR count). The van der Waals surface area contributed by atoms with Gasteiger partial charge in [0.2, 0.25) is 0 Å². The van der Waals surface area contributed by atoms with Crippen molar-refractivity contribution in [3.63, 3.8) is 0 Å². The van der Waals surface area contributed by atoms with E-state index in [2.05, 4.69) is 69.8 Å². The number of thiophene rings is 1. The van der Waals surface area contributed by atoms with Gasteiger partial charge in [0.25, 0.3) is 0 Å². The number of rotatable bonds is 4. The minimum absolute atomic E-state index is 0.354. The molecule has 1 unspecified atom stereocenters. The number of fused-ring (bicyclic) bond motifs is 1. The smallest absolute Gasteiger partial charge is 0.0345 e. The molecule has 0 nitrogen and oxygen atoms in total. The lowest BCUT2D eigenvalue weighted by Gasteiger charge is -2.14. The summed E-state index contributed by atoms with van der Waals surface area (Å²) in [6.07, 6.45) is 0.990. The van der Waals surface area contributed by atoms with E-state index >= 15 is 0 Å². The molecule has 0 aliphatic rings. The molecule has 3 aromatic rings. The largest absolute Gasteiger partial charge is 0.144 e. The van der Waals surface area contributed by atoms with Gasteiger partial charge in [-0.3, -0.25) is 0 Å². The van der Waals surface area contributed by atoms with Gasteiger partial charge in [0.05, 0.1) is 0 Å². The van der Waals surface area contributed by atoms with E-state index in [0.717, 1.165) is 10.9 Å². The van der Waals surface area contributed by atoms with Gasteiger partial charge < -0.3 is 0 Å². The Kier molecular flexibility index (Phi) is 4.45. The van der Waals surface area contributed by atoms with Crippen molar-refractivity contribution >= 4 is 49.0 Å². The average molecular weight is 366 g/mol. The third-order valence-corrected chi connectivity index (χ3v) is 5.41. The third-order valence-electron chi connectivity index (χ3n) is 3.53. The van der Waals surface area contributed by atoms with Gasteiger partial charge in [-0.25, -0.2) is 0 Å². The van der Waals surface area contributed by atoms with E-state index in [9.17, 15) is 0 Å². The van der Waals surface area contributed by atoms with Crippen LogP contribution in [0.5, 0.6) is 0 Å². The molecule has 0 aliphatic heterocycles. The molecule has 20 heavy (non-hydrogen) atoms. The van der Waals surface area contributed by atoms with Crippen LogP contribution in [0, 0.1) is 0 Å². The van der Waals surface area contributed by atoms with Crippen LogP contribution in [0.3, 0.4) is 0 Å². The molecule has 0 aliphatic carbocycles. The highest BCUT2D eigenvalue weighted by Crippen LogP contribution is 2.31. The zero-order valence-electron chi connectivity index (χ0n) is 10.9. The van der Waals surface area contributed by atoms with Gasteiger partial charge in [-0.1, -0.05) is 46.3 Å². The Balaban J connectivity index is 1.92. The van der Waals surface area contributed by atoms with Crippen LogP contribution in [0.25, 0.3) is 10.1 Å². The summed E-state index contributed by atoms with van der Waals surface area (Å²) in [4.78, 5) is 0. The second kappa shape index (κ2) is 6.30. The van der Waals surface area contributed by atoms with E-state index in [1.54, 1.807) is 0 Å². The minimum Gasteiger partial charge on any atom is -0.144 e. The molecular formula is C17H14BrClS. The fourth-order valence-electron chi connectivity index (χ4n) is 2.48. The maximum absolute atomic E-state index is 6.21. The molecular weight excluding hydrogens is 352 g/mol. The monoisotopic (exact) mass is 364 g/mol. The molecule has 1 aromatic heterocycles. The Morgan fingerprint density at radius 3 is 2.75 bits per heavy atom. The maximum atomic E-state index is 6.21. The lowest BCUT2D eigenvalue weighted by Crippen LogP contribution is -2.04. The summed E-state index contributed by atoms with van der Waals surface area (Å²) in [5.41, 5.74) is 2.70. The van der Waals surface area contributed by atoms with Crippen LogP contribution in [0.4, 0.5) is 0 Å². The second-order valence-corrected chi connectivity index (χ2v) is 7.00. The van der Waals surface area contributed by atoms with Crippen LogP contribution in [0.1, 0.15) is 17.0 Å². The van der Waals surface area contributed by atoms with Crippen LogP contribution in [0.15, 0.2) is 58.4 Å². The molecule has 0 N–H and O–H groups in total. The van der Waals surface area contributed by atoms with E-state index in [-0.39, 0.29) is 0 Å². The summed E-state index contributed by atoms with van der Waals surface area (Å²) < 4.78 is 2.46. The predicted molar refractivity (Wildman–Crippen MR) is 93.1 cm³/mol. The van der Waals surface area contributed by atoms with E-state index in [1.807, 2.05) is 11.3 Å². The highest BCUT2D eigenvalue weighted by Gasteiger charge is 2.14. The van der Waals surface area contributed by atoms with E-state index < -0.39 is 0 Å². The number of halogens is 2. The van der Waals surface area contributed by atoms with Gasteiger partial charge >= 0.3 is 0 Å². The molecule has 0 spiro atoms. The summed E-state index contributed by atoms with van der Waals surface area (Å²) >= 11 is 11.6. The van der Waals surface area contributed by atoms with Gasteiger partial charge in [-0.05, 0) is 46.5 Å². The molecule has 0 bridgehead atoms. The van der Waals surface area contributed by atoms with Crippen LogP contribution in [-0.2, 0) is 6.42 Å². The Morgan fingerprint density at radius 1 is 1.10 bits per heavy atom. The summed E-state index contributed by atoms with van der Waals surface area (Å²) in [5.74, 6) is 0.993. The second-order valence-electron chi connectivity index (χ2n) is 4.87. The fraction of sp³-hybridized carbons (Fsp3) is 0.176. The van der Waals surface area contributed by atoms with Crippen molar-refractivity contribution in [1.82, 2.24) is 0 Å². The average Bonchev–Trinajstić information content (AvgIpc) is 2.88. The van der Waals surface area contributed by atoms with Gasteiger partial charge in [0, 0.05) is 21.0 Å². The normalized spacial score (nSPS) is 12.7. The summed E-state index contributed by atoms with van der Waals surface area (Å²) in [5, 5.41) is 3.63. The van der Waals surface area contributed by atoms with Crippen LogP contribution in [0.2, 0.25) is 0 Å². The van der Waals surface area contributed by atoms with Crippen molar-refractivity contribution in [2.24, 2.45) is 0 Å². The Hall–Kier alpha value is -0.830. The molecule has 0 fully saturated rings. The summed E-state index contributed by atoms with van der Waals surface area (Å²) in [7, 11) is 0. The van der Waals surface area contributed by atoms with E-state index in [4.69, 9.17) is 11.6 Å². The van der Waals surface area contributed by atoms with Crippen molar-refractivity contribution in [3.8, 4) is 0 Å². The first-order valence-electron chi connectivity index (χ1n) is 6.54. The summed E-state index contributed by atoms with van der Waals surface area (Å²) in [6, 6.07) is 17.0. The number of hydrogen-bond donors (Lipinski definition) is 0. The Bertz CT molecular complexity index is 720. The molecule has 0 saturated heterocycles. The SMILES string of the molecule is ClCC(Cc1csc2ccccc12)c1cccc(Br)c1. The van der Waals surface area contributed by atoms with Crippen molar-refractivity contribution in [3.05, 3.63) is 69.5 Å². The molecule has 102 valence electrons. The van der Waals surface area contributed by atoms with Crippen LogP contribution in [-0.4, -0.2) is 5.88 Å². The zero-order chi connectivity index (χ0) is 13.9. The highest BCUT2D eigenvalue weighted by molar-refractivity contribution is 9.10. The first-order chi connectivity index (χ1) is 9.78. The number of benzene rings is 2. The highest BCUT2D eigenvalue weighted by atomic mass is 79.9. The Labute approximate surface area is 136 Å².